The molecule has 0 bridgehead atoms. The van der Waals surface area contributed by atoms with Crippen LogP contribution in [0.2, 0.25) is 0 Å². The molecule has 0 unspecified atom stereocenters. The number of anilines is 1. The van der Waals surface area contributed by atoms with Gasteiger partial charge in [-0.25, -0.2) is 40.3 Å². The number of primary sulfonamides is 1. The first kappa shape index (κ1) is 48.6. The van der Waals surface area contributed by atoms with Crippen LogP contribution < -0.4 is 19.9 Å². The van der Waals surface area contributed by atoms with E-state index in [0.717, 1.165) is 13.1 Å². The van der Waals surface area contributed by atoms with Crippen LogP contribution >= 0.6 is 0 Å². The molecular formula is C42H48F2N10O6S2. The normalized spacial score (nSPS) is 14.4. The first-order chi connectivity index (χ1) is 29.2. The molecule has 4 N–H and O–H groups in total. The molecule has 20 heteroatoms. The zero-order chi connectivity index (χ0) is 45.9. The van der Waals surface area contributed by atoms with Crippen LogP contribution in [-0.2, 0) is 20.0 Å². The van der Waals surface area contributed by atoms with E-state index in [0.29, 0.717) is 65.3 Å². The number of hydrogen-bond acceptors (Lipinski definition) is 11. The lowest BCUT2D eigenvalue weighted by molar-refractivity contribution is 0.194. The van der Waals surface area contributed by atoms with Gasteiger partial charge in [0.15, 0.2) is 5.75 Å². The Morgan fingerprint density at radius 3 is 1.76 bits per heavy atom. The minimum atomic E-state index is -3.84. The molecule has 6 rings (SSSR count). The van der Waals surface area contributed by atoms with Gasteiger partial charge in [-0.05, 0) is 90.1 Å². The van der Waals surface area contributed by atoms with Crippen molar-refractivity contribution in [3.8, 4) is 34.3 Å². The molecule has 0 saturated carbocycles. The SMILES string of the molecule is CCN1CC(S(N)(=O)=O)C1.[C-]#[N+]c1cc(-c2cc(F)cc(C(C)C)c2NC(=O)NS(=O)(=O)C2CN(CC)C2)ccn1.[C-]#[N+]c1cc(-c2cc(F)cc(C(C)C)c2OC#N)ccn1. The van der Waals surface area contributed by atoms with Gasteiger partial charge in [0.1, 0.15) is 34.5 Å². The van der Waals surface area contributed by atoms with E-state index in [1.807, 2.05) is 51.3 Å². The molecule has 2 aromatic heterocycles. The summed E-state index contributed by atoms with van der Waals surface area (Å²) in [7, 11) is -7.09. The Labute approximate surface area is 361 Å². The number of halogens is 2. The monoisotopic (exact) mass is 890 g/mol. The predicted octanol–water partition coefficient (Wildman–Crippen LogP) is 7.12. The van der Waals surface area contributed by atoms with Gasteiger partial charge in [0.25, 0.3) is 17.9 Å². The van der Waals surface area contributed by atoms with E-state index in [1.165, 1.54) is 48.8 Å². The lowest BCUT2D eigenvalue weighted by atomic mass is 9.94. The van der Waals surface area contributed by atoms with Crippen molar-refractivity contribution in [3.63, 3.8) is 0 Å². The number of benzene rings is 2. The number of sulfonamides is 2. The van der Waals surface area contributed by atoms with Crippen LogP contribution in [0, 0.1) is 36.3 Å². The Morgan fingerprint density at radius 1 is 0.839 bits per heavy atom. The largest absolute Gasteiger partial charge is 0.387 e. The Balaban J connectivity index is 0.000000233. The number of nitrogens with one attached hydrogen (secondary N) is 2. The second-order valence-electron chi connectivity index (χ2n) is 15.0. The highest BCUT2D eigenvalue weighted by atomic mass is 32.2. The molecule has 2 amide bonds. The number of aromatic nitrogens is 2. The highest BCUT2D eigenvalue weighted by molar-refractivity contribution is 7.90. The number of rotatable bonds is 11. The Kier molecular flexibility index (Phi) is 16.6. The molecule has 4 aromatic rings. The number of nitriles is 1. The molecule has 2 aromatic carbocycles. The van der Waals surface area contributed by atoms with Gasteiger partial charge in [-0.2, -0.15) is 0 Å². The number of hydrogen-bond donors (Lipinski definition) is 3. The average Bonchev–Trinajstić information content (AvgIpc) is 3.17. The molecule has 0 atom stereocenters. The minimum Gasteiger partial charge on any atom is -0.387 e. The zero-order valence-corrected chi connectivity index (χ0v) is 36.7. The summed E-state index contributed by atoms with van der Waals surface area (Å²) in [6.45, 7) is 29.1. The summed E-state index contributed by atoms with van der Waals surface area (Å²) >= 11 is 0. The topological polar surface area (TPSA) is 209 Å². The highest BCUT2D eigenvalue weighted by Gasteiger charge is 2.37. The number of ether oxygens (including phenoxy) is 1. The molecule has 16 nitrogen and oxygen atoms in total. The van der Waals surface area contributed by atoms with Crippen LogP contribution in [0.1, 0.15) is 64.5 Å². The highest BCUT2D eigenvalue weighted by Crippen LogP contribution is 2.39. The molecule has 0 radical (unpaired) electrons. The molecule has 62 heavy (non-hydrogen) atoms. The Morgan fingerprint density at radius 2 is 1.31 bits per heavy atom. The van der Waals surface area contributed by atoms with Gasteiger partial charge < -0.3 is 29.5 Å². The fraction of sp³-hybridized carbons (Fsp3) is 0.381. The van der Waals surface area contributed by atoms with Crippen LogP contribution in [0.15, 0.2) is 60.9 Å². The number of amides is 2. The number of nitrogens with zero attached hydrogens (tertiary/aromatic N) is 7. The number of carbonyl (C=O) groups is 1. The Bertz CT molecular complexity index is 2610. The van der Waals surface area contributed by atoms with Gasteiger partial charge in [0, 0.05) is 42.9 Å². The van der Waals surface area contributed by atoms with Crippen LogP contribution in [-0.4, -0.2) is 92.4 Å². The van der Waals surface area contributed by atoms with Gasteiger partial charge in [-0.1, -0.05) is 54.7 Å². The lowest BCUT2D eigenvalue weighted by Crippen LogP contribution is -2.58. The van der Waals surface area contributed by atoms with Crippen LogP contribution in [0.5, 0.6) is 5.75 Å². The molecule has 2 fully saturated rings. The maximum absolute atomic E-state index is 14.4. The fourth-order valence-corrected chi connectivity index (χ4v) is 8.61. The summed E-state index contributed by atoms with van der Waals surface area (Å²) in [6, 6.07) is 10.6. The third kappa shape index (κ3) is 12.5. The maximum atomic E-state index is 14.4. The number of pyridine rings is 2. The van der Waals surface area contributed by atoms with Crippen LogP contribution in [0.3, 0.4) is 0 Å². The summed E-state index contributed by atoms with van der Waals surface area (Å²) < 4.78 is 81.6. The van der Waals surface area contributed by atoms with Crippen LogP contribution in [0.4, 0.5) is 30.9 Å². The van der Waals surface area contributed by atoms with E-state index in [9.17, 15) is 30.4 Å². The molecule has 328 valence electrons. The van der Waals surface area contributed by atoms with E-state index in [1.54, 1.807) is 18.4 Å². The van der Waals surface area contributed by atoms with E-state index in [2.05, 4.69) is 29.7 Å². The number of urea groups is 1. The summed E-state index contributed by atoms with van der Waals surface area (Å²) in [5, 5.41) is 15.4. The van der Waals surface area contributed by atoms with E-state index < -0.39 is 43.0 Å². The van der Waals surface area contributed by atoms with Crippen molar-refractivity contribution in [2.24, 2.45) is 5.14 Å². The van der Waals surface area contributed by atoms with E-state index in [-0.39, 0.29) is 34.4 Å². The van der Waals surface area contributed by atoms with Crippen molar-refractivity contribution < 1.29 is 35.1 Å². The molecule has 4 heterocycles. The quantitative estimate of drug-likeness (QED) is 0.102. The van der Waals surface area contributed by atoms with Gasteiger partial charge >= 0.3 is 6.03 Å². The van der Waals surface area contributed by atoms with E-state index >= 15 is 0 Å². The summed E-state index contributed by atoms with van der Waals surface area (Å²) in [5.41, 5.74) is 3.24. The number of carbonyl (C=O) groups excluding carboxylic acids is 1. The van der Waals surface area contributed by atoms with Crippen LogP contribution in [0.25, 0.3) is 31.9 Å². The second-order valence-corrected chi connectivity index (χ2v) is 18.8. The summed E-state index contributed by atoms with van der Waals surface area (Å²) in [5.74, 6) is -0.455. The average molecular weight is 891 g/mol. The Hall–Kier alpha value is -6.08. The van der Waals surface area contributed by atoms with Gasteiger partial charge in [-0.15, -0.1) is 15.2 Å². The first-order valence-corrected chi connectivity index (χ1v) is 22.6. The van der Waals surface area contributed by atoms with Gasteiger partial charge in [0.2, 0.25) is 20.0 Å². The van der Waals surface area contributed by atoms with E-state index in [4.69, 9.17) is 28.3 Å². The number of nitrogens with two attached hydrogens (primary N) is 1. The zero-order valence-electron chi connectivity index (χ0n) is 35.1. The van der Waals surface area contributed by atoms with Crippen molar-refractivity contribution in [1.29, 1.82) is 5.26 Å². The standard InChI is InChI=1S/C21H24FN5O3S.C16H12FN3O.C5H12N2O2S/c1-5-27-11-16(12-27)31(29,30)26-21(28)25-20-17(13(2)3)9-15(22)10-18(20)14-6-7-24-19(8-14)23-4;1-10(2)13-7-12(17)8-14(16(13)21-9-18)11-4-5-20-15(6-11)19-3;1-2-7-3-5(4-7)10(6,8)9/h6-10,13,16H,5,11-12H2,1-3H3,(H2,25,26,28);4-8,10H,1-2H3;5H,2-4H2,1H3,(H2,6,8,9). The minimum absolute atomic E-state index is 0.00929. The molecule has 2 aliphatic rings. The second kappa shape index (κ2) is 21.1. The fourth-order valence-electron chi connectivity index (χ4n) is 6.48. The molecule has 0 aliphatic carbocycles. The number of likely N-dealkylation sites (tertiary alicyclic amines) is 2. The van der Waals surface area contributed by atoms with Crippen molar-refractivity contribution in [2.75, 3.05) is 44.6 Å². The lowest BCUT2D eigenvalue weighted by Gasteiger charge is -2.37. The van der Waals surface area contributed by atoms with Crippen molar-refractivity contribution in [2.45, 2.75) is 63.9 Å². The van der Waals surface area contributed by atoms with Crippen molar-refractivity contribution in [1.82, 2.24) is 24.5 Å². The smallest absolute Gasteiger partial charge is 0.332 e. The third-order valence-corrected chi connectivity index (χ3v) is 12.9. The predicted molar refractivity (Wildman–Crippen MR) is 232 cm³/mol. The van der Waals surface area contributed by atoms with Crippen molar-refractivity contribution >= 4 is 43.4 Å². The van der Waals surface area contributed by atoms with Gasteiger partial charge in [-0.3, -0.25) is 0 Å². The van der Waals surface area contributed by atoms with Gasteiger partial charge in [0.05, 0.1) is 5.69 Å². The maximum Gasteiger partial charge on any atom is 0.332 e. The molecule has 0 spiro atoms. The third-order valence-electron chi connectivity index (χ3n) is 10.1. The molecular weight excluding hydrogens is 843 g/mol. The summed E-state index contributed by atoms with van der Waals surface area (Å²) in [6.07, 6.45) is 4.53. The molecule has 2 saturated heterocycles. The first-order valence-electron chi connectivity index (χ1n) is 19.4. The summed E-state index contributed by atoms with van der Waals surface area (Å²) in [4.78, 5) is 31.0. The van der Waals surface area contributed by atoms with Crippen molar-refractivity contribution in [3.05, 3.63) is 107 Å². The molecule has 2 aliphatic heterocycles.